The molecule has 0 aliphatic heterocycles. The molecule has 30 heavy (non-hydrogen) atoms. The summed E-state index contributed by atoms with van der Waals surface area (Å²) < 4.78 is 22.0. The molecule has 0 radical (unpaired) electrons. The zero-order chi connectivity index (χ0) is 21.4. The Bertz CT molecular complexity index is 1030. The highest BCUT2D eigenvalue weighted by Gasteiger charge is 2.10. The first kappa shape index (κ1) is 25.3. The molecule has 6 nitrogen and oxygen atoms in total. The Hall–Kier alpha value is -2.74. The van der Waals surface area contributed by atoms with Crippen molar-refractivity contribution >= 4 is 47.5 Å². The molecule has 1 aromatic carbocycles. The lowest BCUT2D eigenvalue weighted by Crippen LogP contribution is -2.01. The van der Waals surface area contributed by atoms with E-state index in [0.717, 1.165) is 0 Å². The second-order valence-electron chi connectivity index (χ2n) is 5.40. The van der Waals surface area contributed by atoms with E-state index < -0.39 is 17.8 Å². The highest BCUT2D eigenvalue weighted by Crippen LogP contribution is 2.27. The number of esters is 2. The van der Waals surface area contributed by atoms with Gasteiger partial charge in [0.2, 0.25) is 0 Å². The van der Waals surface area contributed by atoms with Crippen molar-refractivity contribution in [1.82, 2.24) is 9.97 Å². The Morgan fingerprint density at radius 2 is 1.43 bits per heavy atom. The lowest BCUT2D eigenvalue weighted by atomic mass is 10.1. The molecule has 0 saturated carbocycles. The zero-order valence-electron chi connectivity index (χ0n) is 15.8. The Labute approximate surface area is 188 Å². The van der Waals surface area contributed by atoms with Gasteiger partial charge in [0.15, 0.2) is 0 Å². The van der Waals surface area contributed by atoms with E-state index in [4.69, 9.17) is 23.2 Å². The fourth-order valence-electron chi connectivity index (χ4n) is 2.17. The number of halogens is 4. The largest absolute Gasteiger partial charge is 0.465 e. The van der Waals surface area contributed by atoms with Gasteiger partial charge in [0.05, 0.1) is 36.1 Å². The van der Waals surface area contributed by atoms with E-state index in [1.807, 2.05) is 0 Å². The van der Waals surface area contributed by atoms with Crippen molar-refractivity contribution in [3.63, 3.8) is 0 Å². The van der Waals surface area contributed by atoms with Crippen LogP contribution in [0.2, 0.25) is 10.2 Å². The first-order valence-corrected chi connectivity index (χ1v) is 8.81. The van der Waals surface area contributed by atoms with Crippen LogP contribution in [0.25, 0.3) is 11.3 Å². The summed E-state index contributed by atoms with van der Waals surface area (Å²) in [4.78, 5) is 30.1. The Balaban J connectivity index is 0.000000324. The van der Waals surface area contributed by atoms with Crippen LogP contribution in [0.4, 0.5) is 4.39 Å². The van der Waals surface area contributed by atoms with Gasteiger partial charge >= 0.3 is 11.9 Å². The van der Waals surface area contributed by atoms with Gasteiger partial charge in [-0.15, -0.1) is 12.4 Å². The summed E-state index contributed by atoms with van der Waals surface area (Å²) >= 11 is 11.5. The minimum Gasteiger partial charge on any atom is -0.465 e. The summed E-state index contributed by atoms with van der Waals surface area (Å²) in [5.74, 6) is -1.29. The van der Waals surface area contributed by atoms with Crippen molar-refractivity contribution in [1.29, 1.82) is 0 Å². The van der Waals surface area contributed by atoms with E-state index in [9.17, 15) is 14.0 Å². The second-order valence-corrected chi connectivity index (χ2v) is 6.20. The molecule has 158 valence electrons. The van der Waals surface area contributed by atoms with Crippen molar-refractivity contribution in [3.8, 4) is 11.3 Å². The standard InChI is InChI=1S/C13H9ClFNO2.C7H6ClNO2.ClH/c1-18-13(17)8-4-5-16-12(6-8)10-3-2-9(15)7-11(10)14;1-11-7(10)5-2-3-9-6(8)4-5;/h2-7H,1H3;2-4H,1H3;1H. The van der Waals surface area contributed by atoms with Gasteiger partial charge in [-0.25, -0.2) is 19.0 Å². The van der Waals surface area contributed by atoms with Crippen LogP contribution in [0, 0.1) is 5.82 Å². The normalized spacial score (nSPS) is 9.50. The highest BCUT2D eigenvalue weighted by atomic mass is 35.5. The lowest BCUT2D eigenvalue weighted by Gasteiger charge is -2.05. The molecule has 0 spiro atoms. The molecule has 0 amide bonds. The molecule has 0 N–H and O–H groups in total. The zero-order valence-corrected chi connectivity index (χ0v) is 18.1. The average Bonchev–Trinajstić information content (AvgIpc) is 2.73. The van der Waals surface area contributed by atoms with Gasteiger partial charge in [0, 0.05) is 18.0 Å². The molecular weight excluding hydrogens is 458 g/mol. The fraction of sp³-hybridized carbons (Fsp3) is 0.100. The van der Waals surface area contributed by atoms with Gasteiger partial charge in [-0.05, 0) is 42.5 Å². The maximum atomic E-state index is 12.9. The molecule has 2 aromatic heterocycles. The predicted octanol–water partition coefficient (Wildman–Crippen LogP) is 5.27. The number of rotatable bonds is 3. The summed E-state index contributed by atoms with van der Waals surface area (Å²) in [6, 6.07) is 10.1. The van der Waals surface area contributed by atoms with Crippen molar-refractivity contribution in [2.75, 3.05) is 14.2 Å². The lowest BCUT2D eigenvalue weighted by molar-refractivity contribution is 0.0592. The topological polar surface area (TPSA) is 78.4 Å². The third-order valence-corrected chi connectivity index (χ3v) is 4.06. The summed E-state index contributed by atoms with van der Waals surface area (Å²) in [6.07, 6.45) is 2.93. The number of carbonyl (C=O) groups is 2. The van der Waals surface area contributed by atoms with E-state index in [1.54, 1.807) is 6.07 Å². The molecule has 3 aromatic rings. The van der Waals surface area contributed by atoms with Crippen LogP contribution in [0.3, 0.4) is 0 Å². The van der Waals surface area contributed by atoms with E-state index in [0.29, 0.717) is 22.4 Å². The molecule has 3 rings (SSSR count). The molecular formula is C20H16Cl3FN2O4. The Kier molecular flexibility index (Phi) is 10.2. The first-order chi connectivity index (χ1) is 13.8. The summed E-state index contributed by atoms with van der Waals surface area (Å²) in [5, 5.41) is 0.525. The van der Waals surface area contributed by atoms with E-state index in [1.165, 1.54) is 63.0 Å². The number of benzene rings is 1. The molecule has 0 unspecified atom stereocenters. The molecule has 2 heterocycles. The van der Waals surface area contributed by atoms with Crippen molar-refractivity contribution in [2.24, 2.45) is 0 Å². The van der Waals surface area contributed by atoms with Crippen LogP contribution in [-0.2, 0) is 9.47 Å². The SMILES string of the molecule is COC(=O)c1ccnc(-c2ccc(F)cc2Cl)c1.COC(=O)c1ccnc(Cl)c1.Cl. The van der Waals surface area contributed by atoms with Gasteiger partial charge in [0.25, 0.3) is 0 Å². The number of aromatic nitrogens is 2. The van der Waals surface area contributed by atoms with Crippen LogP contribution in [0.1, 0.15) is 20.7 Å². The summed E-state index contributed by atoms with van der Waals surface area (Å²) in [7, 11) is 2.62. The van der Waals surface area contributed by atoms with Crippen LogP contribution < -0.4 is 0 Å². The molecule has 0 bridgehead atoms. The molecule has 10 heteroatoms. The number of ether oxygens (including phenoxy) is 2. The van der Waals surface area contributed by atoms with Gasteiger partial charge in [0.1, 0.15) is 11.0 Å². The number of nitrogens with zero attached hydrogens (tertiary/aromatic N) is 2. The van der Waals surface area contributed by atoms with E-state index >= 15 is 0 Å². The summed E-state index contributed by atoms with van der Waals surface area (Å²) in [5.41, 5.74) is 1.82. The summed E-state index contributed by atoms with van der Waals surface area (Å²) in [6.45, 7) is 0. The van der Waals surface area contributed by atoms with Crippen LogP contribution in [0.5, 0.6) is 0 Å². The smallest absolute Gasteiger partial charge is 0.338 e. The number of pyridine rings is 2. The number of hydrogen-bond donors (Lipinski definition) is 0. The molecule has 0 atom stereocenters. The monoisotopic (exact) mass is 472 g/mol. The maximum Gasteiger partial charge on any atom is 0.338 e. The van der Waals surface area contributed by atoms with E-state index in [2.05, 4.69) is 19.4 Å². The van der Waals surface area contributed by atoms with Gasteiger partial charge in [-0.1, -0.05) is 23.2 Å². The van der Waals surface area contributed by atoms with Crippen molar-refractivity contribution < 1.29 is 23.5 Å². The number of hydrogen-bond acceptors (Lipinski definition) is 6. The Morgan fingerprint density at radius 3 is 1.97 bits per heavy atom. The third kappa shape index (κ3) is 6.95. The fourth-order valence-corrected chi connectivity index (χ4v) is 2.61. The van der Waals surface area contributed by atoms with Crippen molar-refractivity contribution in [3.05, 3.63) is 82.0 Å². The predicted molar refractivity (Wildman–Crippen MR) is 114 cm³/mol. The van der Waals surface area contributed by atoms with Crippen LogP contribution in [0.15, 0.2) is 54.9 Å². The van der Waals surface area contributed by atoms with Gasteiger partial charge < -0.3 is 9.47 Å². The highest BCUT2D eigenvalue weighted by molar-refractivity contribution is 6.33. The van der Waals surface area contributed by atoms with Gasteiger partial charge in [-0.3, -0.25) is 4.98 Å². The Morgan fingerprint density at radius 1 is 0.867 bits per heavy atom. The van der Waals surface area contributed by atoms with Crippen molar-refractivity contribution in [2.45, 2.75) is 0 Å². The van der Waals surface area contributed by atoms with Crippen LogP contribution in [-0.4, -0.2) is 36.1 Å². The maximum absolute atomic E-state index is 12.9. The van der Waals surface area contributed by atoms with Crippen LogP contribution >= 0.6 is 35.6 Å². The number of carbonyl (C=O) groups excluding carboxylic acids is 2. The second kappa shape index (κ2) is 12.1. The quantitative estimate of drug-likeness (QED) is 0.381. The van der Waals surface area contributed by atoms with Gasteiger partial charge in [-0.2, -0.15) is 0 Å². The average molecular weight is 474 g/mol. The molecule has 0 fully saturated rings. The molecule has 0 aliphatic carbocycles. The first-order valence-electron chi connectivity index (χ1n) is 8.05. The number of methoxy groups -OCH3 is 2. The minimum atomic E-state index is -0.461. The molecule has 0 aliphatic rings. The van der Waals surface area contributed by atoms with E-state index in [-0.39, 0.29) is 22.6 Å². The third-order valence-electron chi connectivity index (χ3n) is 3.54. The minimum absolute atomic E-state index is 0. The molecule has 0 saturated heterocycles.